The van der Waals surface area contributed by atoms with Gasteiger partial charge in [0.15, 0.2) is 0 Å². The van der Waals surface area contributed by atoms with Crippen LogP contribution in [0.1, 0.15) is 40.0 Å². The van der Waals surface area contributed by atoms with Crippen molar-refractivity contribution in [1.82, 2.24) is 5.32 Å². The Balaban J connectivity index is 2.15. The molecule has 0 aromatic heterocycles. The first-order valence-corrected chi connectivity index (χ1v) is 9.28. The zero-order chi connectivity index (χ0) is 20.0. The van der Waals surface area contributed by atoms with Crippen molar-refractivity contribution < 1.29 is 23.8 Å². The molecule has 0 saturated carbocycles. The lowest BCUT2D eigenvalue weighted by atomic mass is 9.96. The van der Waals surface area contributed by atoms with Gasteiger partial charge < -0.3 is 19.5 Å². The number of carbonyl (C=O) groups excluding carboxylic acids is 2. The summed E-state index contributed by atoms with van der Waals surface area (Å²) in [4.78, 5) is 27.1. The average Bonchev–Trinajstić information content (AvgIpc) is 2.96. The summed E-state index contributed by atoms with van der Waals surface area (Å²) >= 11 is 0. The maximum atomic E-state index is 12.9. The van der Waals surface area contributed by atoms with Crippen LogP contribution in [0.4, 0.5) is 5.69 Å². The average molecular weight is 378 g/mol. The van der Waals surface area contributed by atoms with Gasteiger partial charge in [-0.15, -0.1) is 0 Å². The fourth-order valence-corrected chi connectivity index (χ4v) is 3.22. The summed E-state index contributed by atoms with van der Waals surface area (Å²) in [5.41, 5.74) is -0.390. The van der Waals surface area contributed by atoms with Crippen molar-refractivity contribution in [1.29, 1.82) is 0 Å². The smallest absolute Gasteiger partial charge is 0.246 e. The van der Waals surface area contributed by atoms with Gasteiger partial charge in [0.25, 0.3) is 0 Å². The maximum absolute atomic E-state index is 12.9. The highest BCUT2D eigenvalue weighted by Gasteiger charge is 2.48. The van der Waals surface area contributed by atoms with E-state index in [0.717, 1.165) is 6.42 Å². The van der Waals surface area contributed by atoms with Crippen molar-refractivity contribution in [2.24, 2.45) is 0 Å². The van der Waals surface area contributed by atoms with Gasteiger partial charge in [0.05, 0.1) is 26.0 Å². The highest BCUT2D eigenvalue weighted by molar-refractivity contribution is 6.07. The second-order valence-corrected chi connectivity index (χ2v) is 7.07. The van der Waals surface area contributed by atoms with E-state index >= 15 is 0 Å². The number of methoxy groups -OCH3 is 2. The summed E-state index contributed by atoms with van der Waals surface area (Å²) < 4.78 is 16.1. The Morgan fingerprint density at radius 1 is 1.30 bits per heavy atom. The number of benzene rings is 1. The largest absolute Gasteiger partial charge is 0.497 e. The number of nitrogens with zero attached hydrogens (tertiary/aromatic N) is 1. The minimum absolute atomic E-state index is 0.0979. The fourth-order valence-electron chi connectivity index (χ4n) is 3.22. The number of amides is 2. The van der Waals surface area contributed by atoms with Crippen LogP contribution in [-0.4, -0.2) is 50.8 Å². The Labute approximate surface area is 161 Å². The quantitative estimate of drug-likeness (QED) is 0.668. The molecule has 1 heterocycles. The van der Waals surface area contributed by atoms with Crippen LogP contribution in [-0.2, 0) is 14.3 Å². The van der Waals surface area contributed by atoms with Crippen molar-refractivity contribution >= 4 is 17.5 Å². The number of hydrogen-bond acceptors (Lipinski definition) is 5. The highest BCUT2D eigenvalue weighted by Crippen LogP contribution is 2.41. The number of anilines is 1. The second kappa shape index (κ2) is 9.08. The first-order valence-electron chi connectivity index (χ1n) is 9.28. The molecular weight excluding hydrogens is 348 g/mol. The second-order valence-electron chi connectivity index (χ2n) is 7.07. The van der Waals surface area contributed by atoms with E-state index in [4.69, 9.17) is 14.2 Å². The highest BCUT2D eigenvalue weighted by atomic mass is 16.5. The molecule has 1 saturated heterocycles. The molecule has 1 aromatic rings. The summed E-state index contributed by atoms with van der Waals surface area (Å²) in [6.45, 7) is 6.84. The van der Waals surface area contributed by atoms with Gasteiger partial charge in [0, 0.05) is 25.6 Å². The molecular formula is C20H30N2O5. The number of carbonyl (C=O) groups is 2. The molecule has 7 nitrogen and oxygen atoms in total. The lowest BCUT2D eigenvalue weighted by Crippen LogP contribution is -2.55. The van der Waals surface area contributed by atoms with Crippen LogP contribution in [0.5, 0.6) is 11.5 Å². The van der Waals surface area contributed by atoms with Crippen LogP contribution in [0.2, 0.25) is 0 Å². The first kappa shape index (κ1) is 21.0. The fraction of sp³-hybridized carbons (Fsp3) is 0.600. The van der Waals surface area contributed by atoms with Gasteiger partial charge >= 0.3 is 0 Å². The van der Waals surface area contributed by atoms with Crippen molar-refractivity contribution in [3.8, 4) is 11.5 Å². The van der Waals surface area contributed by atoms with Gasteiger partial charge in [0.1, 0.15) is 17.0 Å². The molecule has 1 aliphatic heterocycles. The van der Waals surface area contributed by atoms with Crippen LogP contribution < -0.4 is 19.7 Å². The molecule has 2 rings (SSSR count). The zero-order valence-electron chi connectivity index (χ0n) is 16.8. The number of hydrogen-bond donors (Lipinski definition) is 1. The molecule has 1 N–H and O–H groups in total. The lowest BCUT2D eigenvalue weighted by Gasteiger charge is -2.34. The molecule has 1 fully saturated rings. The standard InChI is InChI=1S/C20H30N2O5/c1-14(2)27-12-6-11-21-19(24)20(3)10-9-18(23)22(20)16-8-7-15(25-4)13-17(16)26-5/h7-8,13-14H,6,9-12H2,1-5H3,(H,21,24)/t20-/m0/s1. The van der Waals surface area contributed by atoms with Crippen molar-refractivity contribution in [2.75, 3.05) is 32.3 Å². The molecule has 1 atom stereocenters. The minimum Gasteiger partial charge on any atom is -0.497 e. The molecule has 2 amide bonds. The molecule has 1 aromatic carbocycles. The van der Waals surface area contributed by atoms with Crippen LogP contribution >= 0.6 is 0 Å². The van der Waals surface area contributed by atoms with Gasteiger partial charge in [-0.1, -0.05) is 0 Å². The summed E-state index contributed by atoms with van der Waals surface area (Å²) in [7, 11) is 3.10. The molecule has 150 valence electrons. The van der Waals surface area contributed by atoms with E-state index in [1.54, 1.807) is 37.1 Å². The summed E-state index contributed by atoms with van der Waals surface area (Å²) in [6, 6.07) is 5.22. The van der Waals surface area contributed by atoms with E-state index in [1.807, 2.05) is 13.8 Å². The zero-order valence-corrected chi connectivity index (χ0v) is 16.8. The SMILES string of the molecule is COc1ccc(N2C(=O)CC[C@@]2(C)C(=O)NCCCOC(C)C)c(OC)c1. The first-order chi connectivity index (χ1) is 12.8. The Morgan fingerprint density at radius 2 is 2.04 bits per heavy atom. The van der Waals surface area contributed by atoms with E-state index in [1.165, 1.54) is 7.11 Å². The molecule has 27 heavy (non-hydrogen) atoms. The van der Waals surface area contributed by atoms with E-state index in [0.29, 0.717) is 43.2 Å². The topological polar surface area (TPSA) is 77.1 Å². The predicted molar refractivity (Wildman–Crippen MR) is 103 cm³/mol. The van der Waals surface area contributed by atoms with Crippen LogP contribution in [0.15, 0.2) is 18.2 Å². The van der Waals surface area contributed by atoms with Crippen LogP contribution in [0, 0.1) is 0 Å². The van der Waals surface area contributed by atoms with E-state index in [-0.39, 0.29) is 17.9 Å². The van der Waals surface area contributed by atoms with Crippen molar-refractivity contribution in [3.05, 3.63) is 18.2 Å². The van der Waals surface area contributed by atoms with Crippen molar-refractivity contribution in [3.63, 3.8) is 0 Å². The summed E-state index contributed by atoms with van der Waals surface area (Å²) in [5, 5.41) is 2.94. The van der Waals surface area contributed by atoms with Gasteiger partial charge in [-0.25, -0.2) is 0 Å². The minimum atomic E-state index is -0.960. The van der Waals surface area contributed by atoms with Gasteiger partial charge in [-0.05, 0) is 45.7 Å². The van der Waals surface area contributed by atoms with E-state index in [2.05, 4.69) is 5.32 Å². The third-order valence-electron chi connectivity index (χ3n) is 4.74. The molecule has 0 radical (unpaired) electrons. The molecule has 7 heteroatoms. The molecule has 0 spiro atoms. The van der Waals surface area contributed by atoms with Gasteiger partial charge in [0.2, 0.25) is 11.8 Å². The number of ether oxygens (including phenoxy) is 3. The van der Waals surface area contributed by atoms with Crippen LogP contribution in [0.3, 0.4) is 0 Å². The van der Waals surface area contributed by atoms with E-state index in [9.17, 15) is 9.59 Å². The van der Waals surface area contributed by atoms with Crippen LogP contribution in [0.25, 0.3) is 0 Å². The Bertz CT molecular complexity index is 676. The number of rotatable bonds is 9. The lowest BCUT2D eigenvalue weighted by molar-refractivity contribution is -0.127. The number of nitrogens with one attached hydrogen (secondary N) is 1. The third kappa shape index (κ3) is 4.71. The van der Waals surface area contributed by atoms with Gasteiger partial charge in [-0.3, -0.25) is 14.5 Å². The Kier molecular flexibility index (Phi) is 7.07. The van der Waals surface area contributed by atoms with E-state index < -0.39 is 5.54 Å². The van der Waals surface area contributed by atoms with Gasteiger partial charge in [-0.2, -0.15) is 0 Å². The monoisotopic (exact) mass is 378 g/mol. The molecule has 0 bridgehead atoms. The predicted octanol–water partition coefficient (Wildman–Crippen LogP) is 2.52. The third-order valence-corrected chi connectivity index (χ3v) is 4.74. The Morgan fingerprint density at radius 3 is 2.67 bits per heavy atom. The molecule has 1 aliphatic rings. The van der Waals surface area contributed by atoms with Crippen molar-refractivity contribution in [2.45, 2.75) is 51.7 Å². The Hall–Kier alpha value is -2.28. The normalized spacial score (nSPS) is 19.5. The summed E-state index contributed by atoms with van der Waals surface area (Å²) in [5.74, 6) is 0.850. The molecule has 0 aliphatic carbocycles. The maximum Gasteiger partial charge on any atom is 0.246 e. The summed E-state index contributed by atoms with van der Waals surface area (Å²) in [6.07, 6.45) is 1.66. The molecule has 0 unspecified atom stereocenters.